The molecule has 0 saturated carbocycles. The van der Waals surface area contributed by atoms with Crippen LogP contribution in [0.5, 0.6) is 0 Å². The number of aromatic nitrogens is 3. The van der Waals surface area contributed by atoms with Crippen LogP contribution in [0, 0.1) is 6.92 Å². The van der Waals surface area contributed by atoms with Crippen molar-refractivity contribution in [2.45, 2.75) is 13.5 Å². The Bertz CT molecular complexity index is 927. The number of furan rings is 2. The van der Waals surface area contributed by atoms with Crippen LogP contribution in [0.1, 0.15) is 11.5 Å². The Morgan fingerprint density at radius 3 is 2.67 bits per heavy atom. The fourth-order valence-electron chi connectivity index (χ4n) is 2.32. The summed E-state index contributed by atoms with van der Waals surface area (Å²) in [4.78, 5) is 8.90. The van der Waals surface area contributed by atoms with E-state index < -0.39 is 0 Å². The first kappa shape index (κ1) is 14.3. The van der Waals surface area contributed by atoms with Crippen molar-refractivity contribution in [2.75, 3.05) is 5.32 Å². The van der Waals surface area contributed by atoms with Gasteiger partial charge in [0.25, 0.3) is 0 Å². The molecule has 0 atom stereocenters. The second kappa shape index (κ2) is 6.04. The molecule has 0 saturated heterocycles. The minimum absolute atomic E-state index is 0.470. The topological polar surface area (TPSA) is 90.1 Å². The van der Waals surface area contributed by atoms with Crippen LogP contribution in [0.15, 0.2) is 62.4 Å². The molecule has 4 rings (SSSR count). The molecule has 24 heavy (non-hydrogen) atoms. The normalized spacial score (nSPS) is 10.9. The van der Waals surface area contributed by atoms with Crippen molar-refractivity contribution in [1.29, 1.82) is 0 Å². The molecule has 0 radical (unpaired) electrons. The fraction of sp³-hybridized carbons (Fsp3) is 0.118. The summed E-state index contributed by atoms with van der Waals surface area (Å²) in [7, 11) is 0. The second-order valence-corrected chi connectivity index (χ2v) is 5.20. The van der Waals surface area contributed by atoms with Crippen LogP contribution in [0.25, 0.3) is 22.8 Å². The second-order valence-electron chi connectivity index (χ2n) is 5.20. The zero-order valence-electron chi connectivity index (χ0n) is 12.9. The number of hydrogen-bond donors (Lipinski definition) is 1. The summed E-state index contributed by atoms with van der Waals surface area (Å²) in [5.41, 5.74) is 2.14. The van der Waals surface area contributed by atoms with Crippen molar-refractivity contribution < 1.29 is 13.4 Å². The SMILES string of the molecule is Cc1cc(-c2cnc(NCc3ccco3)nc2-c2ccco2)on1. The third kappa shape index (κ3) is 2.79. The molecule has 0 aliphatic rings. The molecule has 0 aromatic carbocycles. The van der Waals surface area contributed by atoms with E-state index in [0.717, 1.165) is 11.5 Å². The molecule has 4 heterocycles. The van der Waals surface area contributed by atoms with Crippen LogP contribution in [0.3, 0.4) is 0 Å². The van der Waals surface area contributed by atoms with E-state index in [1.54, 1.807) is 18.7 Å². The van der Waals surface area contributed by atoms with Crippen LogP contribution < -0.4 is 5.32 Å². The minimum Gasteiger partial charge on any atom is -0.467 e. The van der Waals surface area contributed by atoms with Gasteiger partial charge in [0.2, 0.25) is 5.95 Å². The Balaban J connectivity index is 1.70. The summed E-state index contributed by atoms with van der Waals surface area (Å²) >= 11 is 0. The molecule has 0 bridgehead atoms. The summed E-state index contributed by atoms with van der Waals surface area (Å²) in [6, 6.07) is 9.20. The van der Waals surface area contributed by atoms with Crippen molar-refractivity contribution in [3.63, 3.8) is 0 Å². The zero-order valence-corrected chi connectivity index (χ0v) is 12.9. The molecule has 0 aliphatic carbocycles. The number of nitrogens with one attached hydrogen (secondary N) is 1. The van der Waals surface area contributed by atoms with Gasteiger partial charge in [-0.25, -0.2) is 9.97 Å². The Hall–Kier alpha value is -3.35. The Labute approximate surface area is 137 Å². The lowest BCUT2D eigenvalue weighted by Gasteiger charge is -2.07. The predicted molar refractivity (Wildman–Crippen MR) is 86.0 cm³/mol. The maximum atomic E-state index is 5.50. The van der Waals surface area contributed by atoms with Gasteiger partial charge in [-0.05, 0) is 31.2 Å². The molecule has 0 spiro atoms. The van der Waals surface area contributed by atoms with Gasteiger partial charge >= 0.3 is 0 Å². The average molecular weight is 322 g/mol. The molecule has 0 unspecified atom stereocenters. The van der Waals surface area contributed by atoms with Gasteiger partial charge in [-0.2, -0.15) is 0 Å². The highest BCUT2D eigenvalue weighted by molar-refractivity contribution is 5.75. The molecule has 120 valence electrons. The van der Waals surface area contributed by atoms with E-state index >= 15 is 0 Å². The predicted octanol–water partition coefficient (Wildman–Crippen LogP) is 3.91. The maximum Gasteiger partial charge on any atom is 0.223 e. The zero-order chi connectivity index (χ0) is 16.4. The minimum atomic E-state index is 0.470. The molecule has 1 N–H and O–H groups in total. The van der Waals surface area contributed by atoms with E-state index in [9.17, 15) is 0 Å². The van der Waals surface area contributed by atoms with Crippen LogP contribution in [0.4, 0.5) is 5.95 Å². The van der Waals surface area contributed by atoms with Crippen molar-refractivity contribution in [3.05, 3.63) is 60.5 Å². The highest BCUT2D eigenvalue weighted by Crippen LogP contribution is 2.31. The molecule has 0 fully saturated rings. The van der Waals surface area contributed by atoms with Gasteiger partial charge in [0.15, 0.2) is 11.5 Å². The first-order valence-corrected chi connectivity index (χ1v) is 7.40. The van der Waals surface area contributed by atoms with Crippen LogP contribution in [-0.4, -0.2) is 15.1 Å². The first-order valence-electron chi connectivity index (χ1n) is 7.40. The van der Waals surface area contributed by atoms with Gasteiger partial charge in [-0.3, -0.25) is 0 Å². The quantitative estimate of drug-likeness (QED) is 0.595. The summed E-state index contributed by atoms with van der Waals surface area (Å²) in [6.45, 7) is 2.35. The van der Waals surface area contributed by atoms with E-state index in [1.165, 1.54) is 0 Å². The largest absolute Gasteiger partial charge is 0.467 e. The van der Waals surface area contributed by atoms with Gasteiger partial charge in [0.05, 0.1) is 30.3 Å². The van der Waals surface area contributed by atoms with Crippen LogP contribution >= 0.6 is 0 Å². The smallest absolute Gasteiger partial charge is 0.223 e. The number of anilines is 1. The van der Waals surface area contributed by atoms with E-state index in [1.807, 2.05) is 37.3 Å². The highest BCUT2D eigenvalue weighted by Gasteiger charge is 2.17. The summed E-state index contributed by atoms with van der Waals surface area (Å²) in [5, 5.41) is 7.05. The number of nitrogens with zero attached hydrogens (tertiary/aromatic N) is 3. The van der Waals surface area contributed by atoms with Gasteiger partial charge in [0, 0.05) is 12.3 Å². The van der Waals surface area contributed by atoms with Crippen molar-refractivity contribution in [3.8, 4) is 22.8 Å². The van der Waals surface area contributed by atoms with E-state index in [4.69, 9.17) is 13.4 Å². The van der Waals surface area contributed by atoms with Crippen molar-refractivity contribution >= 4 is 5.95 Å². The van der Waals surface area contributed by atoms with Gasteiger partial charge in [0.1, 0.15) is 11.5 Å². The summed E-state index contributed by atoms with van der Waals surface area (Å²) < 4.78 is 16.1. The molecule has 0 amide bonds. The standard InChI is InChI=1S/C17H14N4O3/c1-11-8-15(24-21-11)13-10-19-17(18-9-12-4-2-6-22-12)20-16(13)14-5-3-7-23-14/h2-8,10H,9H2,1H3,(H,18,19,20). The molecular weight excluding hydrogens is 308 g/mol. The molecule has 7 nitrogen and oxygen atoms in total. The van der Waals surface area contributed by atoms with E-state index in [-0.39, 0.29) is 0 Å². The Morgan fingerprint density at radius 2 is 1.96 bits per heavy atom. The van der Waals surface area contributed by atoms with Gasteiger partial charge in [-0.15, -0.1) is 0 Å². The average Bonchev–Trinajstić information content (AvgIpc) is 3.35. The lowest BCUT2D eigenvalue weighted by Crippen LogP contribution is -2.04. The molecule has 7 heteroatoms. The fourth-order valence-corrected chi connectivity index (χ4v) is 2.32. The Morgan fingerprint density at radius 1 is 1.08 bits per heavy atom. The van der Waals surface area contributed by atoms with E-state index in [2.05, 4.69) is 20.4 Å². The highest BCUT2D eigenvalue weighted by atomic mass is 16.5. The van der Waals surface area contributed by atoms with Crippen LogP contribution in [-0.2, 0) is 6.54 Å². The number of hydrogen-bond acceptors (Lipinski definition) is 7. The van der Waals surface area contributed by atoms with Gasteiger partial charge in [-0.1, -0.05) is 5.16 Å². The number of rotatable bonds is 5. The van der Waals surface area contributed by atoms with Gasteiger partial charge < -0.3 is 18.7 Å². The van der Waals surface area contributed by atoms with E-state index in [0.29, 0.717) is 35.3 Å². The lowest BCUT2D eigenvalue weighted by molar-refractivity contribution is 0.427. The molecule has 4 aromatic heterocycles. The summed E-state index contributed by atoms with van der Waals surface area (Å²) in [5.74, 6) is 2.49. The molecule has 0 aliphatic heterocycles. The van der Waals surface area contributed by atoms with Crippen LogP contribution in [0.2, 0.25) is 0 Å². The number of aryl methyl sites for hydroxylation is 1. The monoisotopic (exact) mass is 322 g/mol. The molecular formula is C17H14N4O3. The molecule has 4 aromatic rings. The van der Waals surface area contributed by atoms with Crippen molar-refractivity contribution in [1.82, 2.24) is 15.1 Å². The third-order valence-corrected chi connectivity index (χ3v) is 3.44. The maximum absolute atomic E-state index is 5.50. The Kier molecular flexibility index (Phi) is 3.59. The first-order chi connectivity index (χ1) is 11.8. The summed E-state index contributed by atoms with van der Waals surface area (Å²) in [6.07, 6.45) is 4.92. The van der Waals surface area contributed by atoms with Crippen molar-refractivity contribution in [2.24, 2.45) is 0 Å². The lowest BCUT2D eigenvalue weighted by atomic mass is 10.1. The third-order valence-electron chi connectivity index (χ3n) is 3.44.